The average molecular weight is 206 g/mol. The van der Waals surface area contributed by atoms with Gasteiger partial charge in [-0.2, -0.15) is 0 Å². The van der Waals surface area contributed by atoms with Gasteiger partial charge in [0.15, 0.2) is 5.78 Å². The van der Waals surface area contributed by atoms with Crippen molar-refractivity contribution in [2.45, 2.75) is 13.5 Å². The fraction of sp³-hybridized carbons (Fsp3) is 0.182. The molecule has 15 heavy (non-hydrogen) atoms. The molecule has 0 saturated carbocycles. The van der Waals surface area contributed by atoms with Crippen LogP contribution < -0.4 is 5.73 Å². The van der Waals surface area contributed by atoms with Crippen molar-refractivity contribution in [3.63, 3.8) is 0 Å². The maximum Gasteiger partial charge on any atom is 0.176 e. The molecule has 0 aliphatic rings. The minimum atomic E-state index is -0.366. The first-order valence-corrected chi connectivity index (χ1v) is 4.65. The third-order valence-corrected chi connectivity index (χ3v) is 2.45. The molecule has 0 aliphatic heterocycles. The highest BCUT2D eigenvalue weighted by molar-refractivity contribution is 6.01. The number of aromatic amines is 1. The van der Waals surface area contributed by atoms with Crippen LogP contribution in [0.1, 0.15) is 23.0 Å². The summed E-state index contributed by atoms with van der Waals surface area (Å²) in [4.78, 5) is 14.1. The quantitative estimate of drug-likeness (QED) is 0.738. The van der Waals surface area contributed by atoms with Crippen molar-refractivity contribution in [1.82, 2.24) is 4.98 Å². The van der Waals surface area contributed by atoms with Crippen molar-refractivity contribution in [2.24, 2.45) is 5.73 Å². The van der Waals surface area contributed by atoms with Gasteiger partial charge in [-0.15, -0.1) is 0 Å². The van der Waals surface area contributed by atoms with Crippen molar-refractivity contribution < 1.29 is 9.18 Å². The molecule has 2 aromatic rings. The second kappa shape index (κ2) is 3.47. The highest BCUT2D eigenvalue weighted by Crippen LogP contribution is 2.24. The molecule has 1 aromatic carbocycles. The number of ketones is 1. The van der Waals surface area contributed by atoms with E-state index in [2.05, 4.69) is 4.98 Å². The van der Waals surface area contributed by atoms with Gasteiger partial charge in [0.25, 0.3) is 0 Å². The number of para-hydroxylation sites is 1. The first kappa shape index (κ1) is 9.86. The zero-order chi connectivity index (χ0) is 11.0. The van der Waals surface area contributed by atoms with E-state index in [1.807, 2.05) is 0 Å². The number of carbonyl (C=O) groups excluding carboxylic acids is 1. The number of nitrogens with one attached hydrogen (secondary N) is 1. The van der Waals surface area contributed by atoms with E-state index in [4.69, 9.17) is 5.73 Å². The minimum absolute atomic E-state index is 0.133. The van der Waals surface area contributed by atoms with E-state index >= 15 is 0 Å². The fourth-order valence-corrected chi connectivity index (χ4v) is 1.75. The lowest BCUT2D eigenvalue weighted by Gasteiger charge is -1.96. The molecule has 0 saturated heterocycles. The highest BCUT2D eigenvalue weighted by atomic mass is 19.1. The van der Waals surface area contributed by atoms with Crippen LogP contribution in [0.4, 0.5) is 4.39 Å². The van der Waals surface area contributed by atoms with Gasteiger partial charge in [0.05, 0.1) is 11.2 Å². The maximum atomic E-state index is 13.4. The van der Waals surface area contributed by atoms with Crippen molar-refractivity contribution in [3.05, 3.63) is 35.3 Å². The van der Waals surface area contributed by atoms with Crippen LogP contribution in [0, 0.1) is 5.82 Å². The van der Waals surface area contributed by atoms with Crippen LogP contribution in [0.3, 0.4) is 0 Å². The van der Waals surface area contributed by atoms with Crippen LogP contribution in [-0.4, -0.2) is 10.8 Å². The van der Waals surface area contributed by atoms with Crippen LogP contribution in [0.25, 0.3) is 10.9 Å². The fourth-order valence-electron chi connectivity index (χ4n) is 1.75. The number of carbonyl (C=O) groups is 1. The number of rotatable bonds is 2. The molecule has 0 spiro atoms. The Morgan fingerprint density at radius 3 is 2.87 bits per heavy atom. The van der Waals surface area contributed by atoms with Crippen molar-refractivity contribution >= 4 is 16.7 Å². The van der Waals surface area contributed by atoms with E-state index in [0.717, 1.165) is 0 Å². The molecule has 3 N–H and O–H groups in total. The third-order valence-electron chi connectivity index (χ3n) is 2.45. The molecular formula is C11H11FN2O. The summed E-state index contributed by atoms with van der Waals surface area (Å²) < 4.78 is 13.4. The van der Waals surface area contributed by atoms with E-state index in [-0.39, 0.29) is 18.1 Å². The van der Waals surface area contributed by atoms with Crippen LogP contribution in [-0.2, 0) is 6.54 Å². The van der Waals surface area contributed by atoms with Gasteiger partial charge in [-0.25, -0.2) is 4.39 Å². The Kier molecular flexibility index (Phi) is 2.28. The molecule has 0 aliphatic carbocycles. The molecule has 1 aromatic heterocycles. The lowest BCUT2D eigenvalue weighted by molar-refractivity contribution is 0.101. The van der Waals surface area contributed by atoms with Gasteiger partial charge in [-0.3, -0.25) is 4.79 Å². The second-order valence-corrected chi connectivity index (χ2v) is 3.40. The van der Waals surface area contributed by atoms with Crippen molar-refractivity contribution in [3.8, 4) is 0 Å². The molecule has 2 rings (SSSR count). The van der Waals surface area contributed by atoms with Gasteiger partial charge in [0.1, 0.15) is 5.82 Å². The lowest BCUT2D eigenvalue weighted by atomic mass is 10.1. The number of aromatic nitrogens is 1. The summed E-state index contributed by atoms with van der Waals surface area (Å²) in [5.41, 5.74) is 6.98. The summed E-state index contributed by atoms with van der Waals surface area (Å²) in [7, 11) is 0. The normalized spacial score (nSPS) is 10.9. The Hall–Kier alpha value is -1.68. The number of Topliss-reactive ketones (excluding diaryl/α,β-unsaturated/α-hetero) is 1. The Morgan fingerprint density at radius 1 is 1.53 bits per heavy atom. The van der Waals surface area contributed by atoms with Crippen LogP contribution in [0.15, 0.2) is 18.2 Å². The molecule has 0 radical (unpaired) electrons. The molecule has 1 heterocycles. The Labute approximate surface area is 86.1 Å². The monoisotopic (exact) mass is 206 g/mol. The second-order valence-electron chi connectivity index (χ2n) is 3.40. The van der Waals surface area contributed by atoms with E-state index in [1.54, 1.807) is 12.1 Å². The van der Waals surface area contributed by atoms with Gasteiger partial charge in [0.2, 0.25) is 0 Å². The van der Waals surface area contributed by atoms with Crippen LogP contribution in [0.2, 0.25) is 0 Å². The van der Waals surface area contributed by atoms with Crippen LogP contribution in [0.5, 0.6) is 0 Å². The summed E-state index contributed by atoms with van der Waals surface area (Å²) in [5, 5.41) is 0.683. The van der Waals surface area contributed by atoms with Crippen molar-refractivity contribution in [2.75, 3.05) is 0 Å². The van der Waals surface area contributed by atoms with Gasteiger partial charge in [-0.1, -0.05) is 12.1 Å². The number of hydrogen-bond donors (Lipinski definition) is 2. The largest absolute Gasteiger partial charge is 0.349 e. The first-order chi connectivity index (χ1) is 7.15. The van der Waals surface area contributed by atoms with Gasteiger partial charge < -0.3 is 10.7 Å². The number of H-pyrrole nitrogens is 1. The number of hydrogen-bond acceptors (Lipinski definition) is 2. The molecule has 0 fully saturated rings. The predicted molar refractivity (Wildman–Crippen MR) is 56.2 cm³/mol. The molecule has 78 valence electrons. The molecule has 0 bridgehead atoms. The van der Waals surface area contributed by atoms with Gasteiger partial charge >= 0.3 is 0 Å². The van der Waals surface area contributed by atoms with Crippen LogP contribution >= 0.6 is 0 Å². The smallest absolute Gasteiger partial charge is 0.176 e. The number of halogens is 1. The SMILES string of the molecule is CC(=O)c1[nH]c2c(F)cccc2c1CN. The molecular weight excluding hydrogens is 195 g/mol. The van der Waals surface area contributed by atoms with E-state index in [0.29, 0.717) is 22.2 Å². The number of benzene rings is 1. The summed E-state index contributed by atoms with van der Waals surface area (Å²) in [5.74, 6) is -0.499. The van der Waals surface area contributed by atoms with E-state index in [9.17, 15) is 9.18 Å². The average Bonchev–Trinajstić information content (AvgIpc) is 2.57. The zero-order valence-electron chi connectivity index (χ0n) is 8.30. The Morgan fingerprint density at radius 2 is 2.27 bits per heavy atom. The van der Waals surface area contributed by atoms with E-state index < -0.39 is 0 Å². The summed E-state index contributed by atoms with van der Waals surface area (Å²) in [6, 6.07) is 4.71. The summed E-state index contributed by atoms with van der Waals surface area (Å²) in [6.07, 6.45) is 0. The Balaban J connectivity index is 2.84. The molecule has 0 unspecified atom stereocenters. The topological polar surface area (TPSA) is 58.9 Å². The molecule has 4 heteroatoms. The summed E-state index contributed by atoms with van der Waals surface area (Å²) >= 11 is 0. The first-order valence-electron chi connectivity index (χ1n) is 4.65. The van der Waals surface area contributed by atoms with Gasteiger partial charge in [0, 0.05) is 24.4 Å². The molecule has 3 nitrogen and oxygen atoms in total. The van der Waals surface area contributed by atoms with Crippen molar-refractivity contribution in [1.29, 1.82) is 0 Å². The predicted octanol–water partition coefficient (Wildman–Crippen LogP) is 1.97. The Bertz CT molecular complexity index is 531. The third kappa shape index (κ3) is 1.43. The summed E-state index contributed by atoms with van der Waals surface area (Å²) in [6.45, 7) is 1.65. The zero-order valence-corrected chi connectivity index (χ0v) is 8.30. The molecule has 0 amide bonds. The number of nitrogens with two attached hydrogens (primary N) is 1. The highest BCUT2D eigenvalue weighted by Gasteiger charge is 2.15. The minimum Gasteiger partial charge on any atom is -0.349 e. The molecule has 0 atom stereocenters. The standard InChI is InChI=1S/C11H11FN2O/c1-6(15)10-8(5-13)7-3-2-4-9(12)11(7)14-10/h2-4,14H,5,13H2,1H3. The lowest BCUT2D eigenvalue weighted by Crippen LogP contribution is -2.03. The van der Waals surface area contributed by atoms with Gasteiger partial charge in [-0.05, 0) is 6.07 Å². The number of fused-ring (bicyclic) bond motifs is 1. The van der Waals surface area contributed by atoms with E-state index in [1.165, 1.54) is 13.0 Å². The maximum absolute atomic E-state index is 13.4.